The monoisotopic (exact) mass is 1060 g/mol. The minimum atomic E-state index is -1.76. The average Bonchev–Trinajstić information content (AvgIpc) is 3.39. The summed E-state index contributed by atoms with van der Waals surface area (Å²) in [6.45, 7) is 2.62. The molecule has 2 rings (SSSR count). The van der Waals surface area contributed by atoms with Crippen molar-refractivity contribution >= 4 is 11.9 Å². The van der Waals surface area contributed by atoms with Crippen LogP contribution in [0.1, 0.15) is 258 Å². The number of ether oxygens (including phenoxy) is 6. The molecule has 0 aromatic heterocycles. The molecule has 0 aromatic carbocycles. The van der Waals surface area contributed by atoms with E-state index in [1.54, 1.807) is 0 Å². The molecule has 15 heteroatoms. The molecule has 7 N–H and O–H groups in total. The van der Waals surface area contributed by atoms with Crippen LogP contribution in [0.3, 0.4) is 0 Å². The van der Waals surface area contributed by atoms with E-state index in [-0.39, 0.29) is 26.1 Å². The van der Waals surface area contributed by atoms with Crippen molar-refractivity contribution in [2.24, 2.45) is 0 Å². The highest BCUT2D eigenvalue weighted by atomic mass is 16.7. The van der Waals surface area contributed by atoms with Gasteiger partial charge in [-0.05, 0) is 32.1 Å². The Balaban J connectivity index is 1.71. The molecule has 2 aliphatic rings. The first kappa shape index (κ1) is 68.3. The van der Waals surface area contributed by atoms with Crippen LogP contribution in [0.2, 0.25) is 0 Å². The van der Waals surface area contributed by atoms with Crippen LogP contribution in [-0.4, -0.2) is 142 Å². The quantitative estimate of drug-likeness (QED) is 0.0171. The van der Waals surface area contributed by atoms with E-state index in [2.05, 4.69) is 26.0 Å². The molecule has 74 heavy (non-hydrogen) atoms. The minimum absolute atomic E-state index is 0.172. The molecule has 2 aliphatic heterocycles. The topological polar surface area (TPSA) is 231 Å². The number of allylic oxidation sites excluding steroid dienone is 2. The van der Waals surface area contributed by atoms with Crippen molar-refractivity contribution < 1.29 is 73.8 Å². The summed E-state index contributed by atoms with van der Waals surface area (Å²) in [5.74, 6) is -0.911. The van der Waals surface area contributed by atoms with Gasteiger partial charge < -0.3 is 64.2 Å². The van der Waals surface area contributed by atoms with Crippen molar-refractivity contribution in [3.05, 3.63) is 12.2 Å². The predicted molar refractivity (Wildman–Crippen MR) is 289 cm³/mol. The standard InChI is InChI=1S/C59H110O15/c1-3-5-7-9-11-13-15-17-19-20-21-22-23-24-25-26-28-30-32-34-36-38-40-42-51(62)72-47(44-69-50(61)41-39-37-35-33-31-29-27-18-16-14-12-10-8-6-4-2)45-70-58-57(68)55(66)53(64)49(74-58)46-71-59-56(67)54(65)52(63)48(43-60)73-59/h10,12,47-49,52-60,63-68H,3-9,11,13-46H2,1-2H3/b12-10+/t47-,48+,49+,52-,53-,54?,55?,56?,57?,58+,59+/m1/s1. The van der Waals surface area contributed by atoms with Crippen LogP contribution in [0.5, 0.6) is 0 Å². The van der Waals surface area contributed by atoms with Crippen LogP contribution in [-0.2, 0) is 38.0 Å². The molecule has 2 fully saturated rings. The summed E-state index contributed by atoms with van der Waals surface area (Å²) < 4.78 is 33.7. The summed E-state index contributed by atoms with van der Waals surface area (Å²) >= 11 is 0. The number of carbonyl (C=O) groups is 2. The van der Waals surface area contributed by atoms with E-state index < -0.39 is 92.7 Å². The van der Waals surface area contributed by atoms with Gasteiger partial charge in [0.1, 0.15) is 55.4 Å². The molecule has 15 nitrogen and oxygen atoms in total. The van der Waals surface area contributed by atoms with Crippen LogP contribution >= 0.6 is 0 Å². The summed E-state index contributed by atoms with van der Waals surface area (Å²) in [6, 6.07) is 0. The maximum Gasteiger partial charge on any atom is 0.306 e. The van der Waals surface area contributed by atoms with Crippen LogP contribution < -0.4 is 0 Å². The number of aliphatic hydroxyl groups is 7. The third kappa shape index (κ3) is 32.9. The Labute approximate surface area is 448 Å². The van der Waals surface area contributed by atoms with E-state index in [4.69, 9.17) is 28.4 Å². The molecule has 0 saturated carbocycles. The van der Waals surface area contributed by atoms with Gasteiger partial charge in [-0.1, -0.05) is 225 Å². The second-order valence-electron chi connectivity index (χ2n) is 21.5. The number of esters is 2. The van der Waals surface area contributed by atoms with Crippen molar-refractivity contribution in [1.82, 2.24) is 0 Å². The molecule has 0 amide bonds. The second kappa shape index (κ2) is 46.2. The van der Waals surface area contributed by atoms with Gasteiger partial charge in [-0.2, -0.15) is 0 Å². The molecule has 11 atom stereocenters. The maximum absolute atomic E-state index is 13.1. The first-order chi connectivity index (χ1) is 36.0. The zero-order chi connectivity index (χ0) is 53.9. The number of aliphatic hydroxyl groups excluding tert-OH is 7. The first-order valence-electron chi connectivity index (χ1n) is 30.3. The average molecular weight is 1060 g/mol. The Morgan fingerprint density at radius 1 is 0.419 bits per heavy atom. The summed E-state index contributed by atoms with van der Waals surface area (Å²) in [5, 5.41) is 72.3. The smallest absolute Gasteiger partial charge is 0.306 e. The molecule has 0 spiro atoms. The molecular formula is C59H110O15. The highest BCUT2D eigenvalue weighted by Gasteiger charge is 2.47. The second-order valence-corrected chi connectivity index (χ2v) is 21.5. The molecular weight excluding hydrogens is 949 g/mol. The summed E-state index contributed by atoms with van der Waals surface area (Å²) in [5.41, 5.74) is 0. The van der Waals surface area contributed by atoms with Crippen LogP contribution in [0.4, 0.5) is 0 Å². The van der Waals surface area contributed by atoms with Crippen molar-refractivity contribution in [3.63, 3.8) is 0 Å². The lowest BCUT2D eigenvalue weighted by atomic mass is 9.98. The fourth-order valence-corrected chi connectivity index (χ4v) is 9.79. The van der Waals surface area contributed by atoms with E-state index >= 15 is 0 Å². The molecule has 0 aromatic rings. The Morgan fingerprint density at radius 3 is 1.23 bits per heavy atom. The van der Waals surface area contributed by atoms with Gasteiger partial charge in [0, 0.05) is 12.8 Å². The number of rotatable bonds is 49. The van der Waals surface area contributed by atoms with Gasteiger partial charge in [0.05, 0.1) is 19.8 Å². The van der Waals surface area contributed by atoms with Crippen LogP contribution in [0.15, 0.2) is 12.2 Å². The Hall–Kier alpha value is -1.76. The zero-order valence-corrected chi connectivity index (χ0v) is 46.6. The van der Waals surface area contributed by atoms with Gasteiger partial charge in [0.25, 0.3) is 0 Å². The van der Waals surface area contributed by atoms with Gasteiger partial charge >= 0.3 is 11.9 Å². The molecule has 2 saturated heterocycles. The van der Waals surface area contributed by atoms with Gasteiger partial charge in [-0.15, -0.1) is 0 Å². The summed E-state index contributed by atoms with van der Waals surface area (Å²) in [4.78, 5) is 25.9. The zero-order valence-electron chi connectivity index (χ0n) is 46.6. The number of hydrogen-bond donors (Lipinski definition) is 7. The van der Waals surface area contributed by atoms with Crippen molar-refractivity contribution in [2.75, 3.05) is 26.4 Å². The Morgan fingerprint density at radius 2 is 0.784 bits per heavy atom. The summed E-state index contributed by atoms with van der Waals surface area (Å²) in [6.07, 6.45) is 32.4. The van der Waals surface area contributed by atoms with E-state index in [1.807, 2.05) is 0 Å². The third-order valence-electron chi connectivity index (χ3n) is 14.7. The largest absolute Gasteiger partial charge is 0.462 e. The van der Waals surface area contributed by atoms with Gasteiger partial charge in [-0.25, -0.2) is 0 Å². The molecule has 2 heterocycles. The van der Waals surface area contributed by atoms with Gasteiger partial charge in [0.15, 0.2) is 18.7 Å². The first-order valence-corrected chi connectivity index (χ1v) is 30.3. The SMILES string of the molecule is CCCC/C=C/CCCCCCCCCCCC(=O)OC[C@H](CO[C@H]1O[C@@H](CO[C@H]2O[C@@H](CO)[C@@H](O)C(O)C2O)[C@@H](O)C(O)C1O)OC(=O)CCCCCCCCCCCCCCCCCCCCCCCCC. The lowest BCUT2D eigenvalue weighted by molar-refractivity contribution is -0.332. The Kier molecular flexibility index (Phi) is 42.7. The Bertz CT molecular complexity index is 1340. The fourth-order valence-electron chi connectivity index (χ4n) is 9.79. The molecule has 0 radical (unpaired) electrons. The third-order valence-corrected chi connectivity index (χ3v) is 14.7. The van der Waals surface area contributed by atoms with Crippen LogP contribution in [0, 0.1) is 0 Å². The van der Waals surface area contributed by atoms with Crippen molar-refractivity contribution in [3.8, 4) is 0 Å². The number of unbranched alkanes of at least 4 members (excludes halogenated alkanes) is 33. The fraction of sp³-hybridized carbons (Fsp3) is 0.932. The molecule has 436 valence electrons. The van der Waals surface area contributed by atoms with E-state index in [1.165, 1.54) is 180 Å². The van der Waals surface area contributed by atoms with Crippen LogP contribution in [0.25, 0.3) is 0 Å². The van der Waals surface area contributed by atoms with Crippen molar-refractivity contribution in [1.29, 1.82) is 0 Å². The molecule has 0 aliphatic carbocycles. The lowest BCUT2D eigenvalue weighted by Crippen LogP contribution is -2.61. The molecule has 4 unspecified atom stereocenters. The lowest BCUT2D eigenvalue weighted by Gasteiger charge is -2.42. The van der Waals surface area contributed by atoms with E-state index in [0.29, 0.717) is 12.8 Å². The minimum Gasteiger partial charge on any atom is -0.462 e. The molecule has 0 bridgehead atoms. The van der Waals surface area contributed by atoms with Crippen molar-refractivity contribution in [2.45, 2.75) is 325 Å². The number of hydrogen-bond acceptors (Lipinski definition) is 15. The normalized spacial score (nSPS) is 24.7. The van der Waals surface area contributed by atoms with Gasteiger partial charge in [-0.3, -0.25) is 9.59 Å². The van der Waals surface area contributed by atoms with Gasteiger partial charge in [0.2, 0.25) is 0 Å². The highest BCUT2D eigenvalue weighted by Crippen LogP contribution is 2.27. The maximum atomic E-state index is 13.1. The predicted octanol–water partition coefficient (Wildman–Crippen LogP) is 10.5. The van der Waals surface area contributed by atoms with E-state index in [0.717, 1.165) is 38.5 Å². The number of carbonyl (C=O) groups excluding carboxylic acids is 2. The highest BCUT2D eigenvalue weighted by molar-refractivity contribution is 5.70. The summed E-state index contributed by atoms with van der Waals surface area (Å²) in [7, 11) is 0. The van der Waals surface area contributed by atoms with E-state index in [9.17, 15) is 45.3 Å².